The van der Waals surface area contributed by atoms with Gasteiger partial charge in [-0.15, -0.1) is 22.7 Å². The number of halogens is 1. The van der Waals surface area contributed by atoms with Crippen LogP contribution in [-0.4, -0.2) is 27.8 Å². The van der Waals surface area contributed by atoms with Gasteiger partial charge in [0.25, 0.3) is 5.56 Å². The number of aromatic nitrogens is 2. The maximum atomic E-state index is 13.4. The summed E-state index contributed by atoms with van der Waals surface area (Å²) in [6.45, 7) is 4.85. The highest BCUT2D eigenvalue weighted by Gasteiger charge is 2.20. The Bertz CT molecular complexity index is 1300. The standard InChI is InChI=1S/C23H22FN3O2S3/c1-3-27-22(29)20-19(15-6-8-16(24)9-7-15)14(2)32-21(20)26-23(27)31-13-18(28)25-11-10-17-5-4-12-30-17/h4-9,12H,3,10-11,13H2,1-2H3,(H,25,28). The van der Waals surface area contributed by atoms with Gasteiger partial charge in [-0.05, 0) is 49.4 Å². The molecule has 1 aromatic carbocycles. The van der Waals surface area contributed by atoms with E-state index in [0.29, 0.717) is 28.5 Å². The number of nitrogens with zero attached hydrogens (tertiary/aromatic N) is 2. The molecule has 4 aromatic rings. The van der Waals surface area contributed by atoms with Crippen molar-refractivity contribution >= 4 is 50.6 Å². The molecule has 0 saturated carbocycles. The van der Waals surface area contributed by atoms with Crippen molar-refractivity contribution < 1.29 is 9.18 Å². The molecule has 0 radical (unpaired) electrons. The van der Waals surface area contributed by atoms with Crippen molar-refractivity contribution in [3.05, 3.63) is 67.7 Å². The van der Waals surface area contributed by atoms with Gasteiger partial charge < -0.3 is 5.32 Å². The second kappa shape index (κ2) is 9.97. The first-order chi connectivity index (χ1) is 15.5. The molecule has 0 unspecified atom stereocenters. The van der Waals surface area contributed by atoms with E-state index in [2.05, 4.69) is 5.32 Å². The van der Waals surface area contributed by atoms with Crippen LogP contribution < -0.4 is 10.9 Å². The Morgan fingerprint density at radius 3 is 2.72 bits per heavy atom. The van der Waals surface area contributed by atoms with Crippen molar-refractivity contribution in [1.82, 2.24) is 14.9 Å². The number of benzene rings is 1. The number of amides is 1. The largest absolute Gasteiger partial charge is 0.355 e. The summed E-state index contributed by atoms with van der Waals surface area (Å²) in [5, 5.41) is 6.02. The number of carbonyl (C=O) groups excluding carboxylic acids is 1. The number of rotatable bonds is 8. The lowest BCUT2D eigenvalue weighted by Crippen LogP contribution is -2.28. The summed E-state index contributed by atoms with van der Waals surface area (Å²) < 4.78 is 15.0. The Balaban J connectivity index is 1.55. The van der Waals surface area contributed by atoms with Crippen LogP contribution in [0.4, 0.5) is 4.39 Å². The molecule has 0 aliphatic rings. The van der Waals surface area contributed by atoms with E-state index >= 15 is 0 Å². The van der Waals surface area contributed by atoms with Crippen molar-refractivity contribution in [3.63, 3.8) is 0 Å². The zero-order valence-corrected chi connectivity index (χ0v) is 20.1. The topological polar surface area (TPSA) is 64.0 Å². The van der Waals surface area contributed by atoms with Gasteiger partial charge in [0.2, 0.25) is 5.91 Å². The highest BCUT2D eigenvalue weighted by Crippen LogP contribution is 2.36. The third kappa shape index (κ3) is 4.79. The van der Waals surface area contributed by atoms with Crippen LogP contribution in [0.2, 0.25) is 0 Å². The fourth-order valence-corrected chi connectivity index (χ4v) is 6.18. The lowest BCUT2D eigenvalue weighted by Gasteiger charge is -2.11. The van der Waals surface area contributed by atoms with Gasteiger partial charge in [0.05, 0.1) is 11.1 Å². The Hall–Kier alpha value is -2.49. The van der Waals surface area contributed by atoms with Crippen molar-refractivity contribution in [2.75, 3.05) is 12.3 Å². The second-order valence-electron chi connectivity index (χ2n) is 7.13. The Morgan fingerprint density at radius 1 is 1.25 bits per heavy atom. The van der Waals surface area contributed by atoms with Crippen LogP contribution in [0.25, 0.3) is 21.3 Å². The molecular formula is C23H22FN3O2S3. The average Bonchev–Trinajstić information content (AvgIpc) is 3.40. The minimum atomic E-state index is -0.317. The number of thioether (sulfide) groups is 1. The Kier molecular flexibility index (Phi) is 7.07. The SMILES string of the molecule is CCn1c(SCC(=O)NCCc2cccs2)nc2sc(C)c(-c3ccc(F)cc3)c2c1=O. The van der Waals surface area contributed by atoms with Gasteiger partial charge >= 0.3 is 0 Å². The molecule has 0 bridgehead atoms. The summed E-state index contributed by atoms with van der Waals surface area (Å²) in [7, 11) is 0. The quantitative estimate of drug-likeness (QED) is 0.277. The van der Waals surface area contributed by atoms with Crippen LogP contribution in [0, 0.1) is 12.7 Å². The maximum absolute atomic E-state index is 13.4. The van der Waals surface area contributed by atoms with Crippen molar-refractivity contribution in [2.45, 2.75) is 32.0 Å². The van der Waals surface area contributed by atoms with E-state index in [9.17, 15) is 14.0 Å². The van der Waals surface area contributed by atoms with Crippen LogP contribution in [-0.2, 0) is 17.8 Å². The van der Waals surface area contributed by atoms with Gasteiger partial charge in [0.15, 0.2) is 5.16 Å². The molecule has 0 fully saturated rings. The molecule has 4 rings (SSSR count). The predicted molar refractivity (Wildman–Crippen MR) is 131 cm³/mol. The molecule has 0 saturated heterocycles. The van der Waals surface area contributed by atoms with Crippen molar-refractivity contribution in [3.8, 4) is 11.1 Å². The summed E-state index contributed by atoms with van der Waals surface area (Å²) in [6.07, 6.45) is 0.804. The summed E-state index contributed by atoms with van der Waals surface area (Å²) in [5.41, 5.74) is 1.46. The molecule has 1 N–H and O–H groups in total. The van der Waals surface area contributed by atoms with E-state index in [1.807, 2.05) is 31.4 Å². The summed E-state index contributed by atoms with van der Waals surface area (Å²) in [4.78, 5) is 33.2. The number of thiophene rings is 2. The first-order valence-electron chi connectivity index (χ1n) is 10.2. The van der Waals surface area contributed by atoms with E-state index in [-0.39, 0.29) is 23.0 Å². The zero-order chi connectivity index (χ0) is 22.7. The molecule has 1 amide bonds. The summed E-state index contributed by atoms with van der Waals surface area (Å²) in [6, 6.07) is 10.2. The van der Waals surface area contributed by atoms with Gasteiger partial charge in [-0.25, -0.2) is 9.37 Å². The van der Waals surface area contributed by atoms with Crippen LogP contribution in [0.1, 0.15) is 16.7 Å². The molecule has 3 aromatic heterocycles. The fraction of sp³-hybridized carbons (Fsp3) is 0.261. The molecule has 32 heavy (non-hydrogen) atoms. The number of aryl methyl sites for hydroxylation is 1. The zero-order valence-electron chi connectivity index (χ0n) is 17.7. The molecule has 9 heteroatoms. The molecule has 0 aliphatic heterocycles. The third-order valence-electron chi connectivity index (χ3n) is 5.01. The predicted octanol–water partition coefficient (Wildman–Crippen LogP) is 5.10. The van der Waals surface area contributed by atoms with Crippen LogP contribution >= 0.6 is 34.4 Å². The first kappa shape index (κ1) is 22.7. The van der Waals surface area contributed by atoms with E-state index in [1.54, 1.807) is 28.0 Å². The minimum absolute atomic E-state index is 0.0853. The molecule has 5 nitrogen and oxygen atoms in total. The lowest BCUT2D eigenvalue weighted by molar-refractivity contribution is -0.118. The highest BCUT2D eigenvalue weighted by molar-refractivity contribution is 7.99. The highest BCUT2D eigenvalue weighted by atomic mass is 32.2. The molecular weight excluding hydrogens is 465 g/mol. The molecule has 166 valence electrons. The lowest BCUT2D eigenvalue weighted by atomic mass is 10.0. The molecule has 3 heterocycles. The van der Waals surface area contributed by atoms with Gasteiger partial charge in [-0.1, -0.05) is 30.0 Å². The van der Waals surface area contributed by atoms with Gasteiger partial charge in [-0.2, -0.15) is 0 Å². The van der Waals surface area contributed by atoms with Crippen molar-refractivity contribution in [2.24, 2.45) is 0 Å². The normalized spacial score (nSPS) is 11.2. The third-order valence-corrected chi connectivity index (χ3v) is 7.92. The van der Waals surface area contributed by atoms with E-state index in [4.69, 9.17) is 4.98 Å². The Morgan fingerprint density at radius 2 is 2.03 bits per heavy atom. The summed E-state index contributed by atoms with van der Waals surface area (Å²) >= 11 is 4.38. The smallest absolute Gasteiger partial charge is 0.263 e. The van der Waals surface area contributed by atoms with Crippen LogP contribution in [0.3, 0.4) is 0 Å². The van der Waals surface area contributed by atoms with Crippen molar-refractivity contribution in [1.29, 1.82) is 0 Å². The average molecular weight is 488 g/mol. The number of hydrogen-bond donors (Lipinski definition) is 1. The van der Waals surface area contributed by atoms with Crippen LogP contribution in [0.15, 0.2) is 51.7 Å². The maximum Gasteiger partial charge on any atom is 0.263 e. The number of hydrogen-bond acceptors (Lipinski definition) is 6. The summed E-state index contributed by atoms with van der Waals surface area (Å²) in [5.74, 6) is -0.210. The van der Waals surface area contributed by atoms with Gasteiger partial charge in [0, 0.05) is 28.4 Å². The minimum Gasteiger partial charge on any atom is -0.355 e. The number of fused-ring (bicyclic) bond motifs is 1. The van der Waals surface area contributed by atoms with Gasteiger partial charge in [-0.3, -0.25) is 14.2 Å². The fourth-order valence-electron chi connectivity index (χ4n) is 3.49. The number of nitrogens with one attached hydrogen (secondary N) is 1. The van der Waals surface area contributed by atoms with E-state index in [1.165, 1.54) is 40.1 Å². The molecule has 0 aliphatic carbocycles. The first-order valence-corrected chi connectivity index (χ1v) is 12.9. The molecule has 0 spiro atoms. The Labute approximate surface area is 197 Å². The van der Waals surface area contributed by atoms with Crippen LogP contribution in [0.5, 0.6) is 0 Å². The second-order valence-corrected chi connectivity index (χ2v) is 10.3. The monoisotopic (exact) mass is 487 g/mol. The van der Waals surface area contributed by atoms with Gasteiger partial charge in [0.1, 0.15) is 10.6 Å². The van der Waals surface area contributed by atoms with E-state index < -0.39 is 0 Å². The molecule has 0 atom stereocenters. The number of carbonyl (C=O) groups is 1. The van der Waals surface area contributed by atoms with E-state index in [0.717, 1.165) is 22.4 Å².